The summed E-state index contributed by atoms with van der Waals surface area (Å²) in [6.07, 6.45) is 0.714. The van der Waals surface area contributed by atoms with Crippen LogP contribution in [0.3, 0.4) is 0 Å². The van der Waals surface area contributed by atoms with Crippen molar-refractivity contribution in [2.45, 2.75) is 39.3 Å². The van der Waals surface area contributed by atoms with E-state index in [2.05, 4.69) is 10.3 Å². The number of ether oxygens (including phenoxy) is 2. The molecule has 0 atom stereocenters. The third-order valence-corrected chi connectivity index (χ3v) is 4.69. The molecule has 0 saturated carbocycles. The monoisotopic (exact) mass is 397 g/mol. The van der Waals surface area contributed by atoms with Crippen LogP contribution in [0, 0.1) is 0 Å². The lowest BCUT2D eigenvalue weighted by Crippen LogP contribution is -2.41. The first-order valence-corrected chi connectivity index (χ1v) is 9.54. The second-order valence-electron chi connectivity index (χ2n) is 8.06. The molecule has 0 fully saturated rings. The molecule has 0 aliphatic carbocycles. The normalized spacial score (nSPS) is 13.5. The van der Waals surface area contributed by atoms with E-state index < -0.39 is 0 Å². The summed E-state index contributed by atoms with van der Waals surface area (Å²) in [5, 5.41) is 2.87. The zero-order valence-electron chi connectivity index (χ0n) is 17.5. The van der Waals surface area contributed by atoms with E-state index in [1.807, 2.05) is 32.9 Å². The van der Waals surface area contributed by atoms with Crippen molar-refractivity contribution < 1.29 is 19.1 Å². The van der Waals surface area contributed by atoms with E-state index in [4.69, 9.17) is 9.47 Å². The third kappa shape index (κ3) is 4.67. The van der Waals surface area contributed by atoms with Crippen molar-refractivity contribution in [1.29, 1.82) is 0 Å². The molecular formula is C22H27N3O4. The minimum Gasteiger partial charge on any atom is -0.493 e. The molecule has 1 aromatic carbocycles. The van der Waals surface area contributed by atoms with E-state index in [1.165, 1.54) is 0 Å². The fourth-order valence-corrected chi connectivity index (χ4v) is 3.30. The Hall–Kier alpha value is -3.09. The van der Waals surface area contributed by atoms with Gasteiger partial charge in [-0.2, -0.15) is 0 Å². The zero-order chi connectivity index (χ0) is 21.2. The van der Waals surface area contributed by atoms with Gasteiger partial charge in [0.25, 0.3) is 11.8 Å². The first-order valence-electron chi connectivity index (χ1n) is 9.54. The number of fused-ring (bicyclic) bond motifs is 1. The number of methoxy groups -OCH3 is 2. The van der Waals surface area contributed by atoms with Crippen molar-refractivity contribution in [1.82, 2.24) is 15.2 Å². The van der Waals surface area contributed by atoms with Crippen LogP contribution in [0.4, 0.5) is 0 Å². The van der Waals surface area contributed by atoms with Crippen molar-refractivity contribution in [3.05, 3.63) is 52.8 Å². The zero-order valence-corrected chi connectivity index (χ0v) is 17.5. The average molecular weight is 397 g/mol. The molecule has 0 radical (unpaired) electrons. The maximum Gasteiger partial charge on any atom is 0.272 e. The summed E-state index contributed by atoms with van der Waals surface area (Å²) in [5.41, 5.74) is 2.27. The highest BCUT2D eigenvalue weighted by atomic mass is 16.5. The van der Waals surface area contributed by atoms with Crippen LogP contribution in [0.15, 0.2) is 30.3 Å². The molecule has 2 aromatic rings. The van der Waals surface area contributed by atoms with Gasteiger partial charge < -0.3 is 19.7 Å². The van der Waals surface area contributed by atoms with Gasteiger partial charge in [0.1, 0.15) is 11.4 Å². The Bertz CT molecular complexity index is 934. The molecule has 1 aliphatic heterocycles. The molecule has 0 bridgehead atoms. The second kappa shape index (κ2) is 8.11. The molecule has 0 spiro atoms. The van der Waals surface area contributed by atoms with Crippen LogP contribution >= 0.6 is 0 Å². The molecule has 7 heteroatoms. The van der Waals surface area contributed by atoms with Crippen molar-refractivity contribution in [3.63, 3.8) is 0 Å². The van der Waals surface area contributed by atoms with Crippen molar-refractivity contribution in [2.75, 3.05) is 20.8 Å². The van der Waals surface area contributed by atoms with Crippen LogP contribution < -0.4 is 14.8 Å². The number of amides is 2. The predicted molar refractivity (Wildman–Crippen MR) is 109 cm³/mol. The van der Waals surface area contributed by atoms with Crippen LogP contribution in [0.2, 0.25) is 0 Å². The lowest BCUT2D eigenvalue weighted by atomic mass is 9.98. The molecule has 0 saturated heterocycles. The Morgan fingerprint density at radius 1 is 1.03 bits per heavy atom. The Morgan fingerprint density at radius 2 is 1.66 bits per heavy atom. The topological polar surface area (TPSA) is 80.8 Å². The molecule has 2 heterocycles. The summed E-state index contributed by atoms with van der Waals surface area (Å²) in [6, 6.07) is 8.81. The summed E-state index contributed by atoms with van der Waals surface area (Å²) in [7, 11) is 3.20. The number of nitrogens with one attached hydrogen (secondary N) is 1. The van der Waals surface area contributed by atoms with E-state index >= 15 is 0 Å². The van der Waals surface area contributed by atoms with E-state index in [-0.39, 0.29) is 28.7 Å². The van der Waals surface area contributed by atoms with E-state index in [0.29, 0.717) is 31.0 Å². The van der Waals surface area contributed by atoms with Gasteiger partial charge in [0, 0.05) is 18.6 Å². The van der Waals surface area contributed by atoms with Gasteiger partial charge in [0.2, 0.25) is 0 Å². The number of carbonyl (C=O) groups is 2. The highest BCUT2D eigenvalue weighted by molar-refractivity contribution is 5.96. The van der Waals surface area contributed by atoms with Crippen molar-refractivity contribution in [3.8, 4) is 11.5 Å². The molecule has 1 aromatic heterocycles. The largest absolute Gasteiger partial charge is 0.493 e. The van der Waals surface area contributed by atoms with Crippen molar-refractivity contribution in [2.24, 2.45) is 0 Å². The Labute approximate surface area is 171 Å². The van der Waals surface area contributed by atoms with Gasteiger partial charge in [0.05, 0.1) is 14.2 Å². The molecular weight excluding hydrogens is 370 g/mol. The number of hydrogen-bond donors (Lipinski definition) is 1. The number of carbonyl (C=O) groups excluding carboxylic acids is 2. The second-order valence-corrected chi connectivity index (χ2v) is 8.06. The fraction of sp³-hybridized carbons (Fsp3) is 0.409. The Morgan fingerprint density at radius 3 is 2.28 bits per heavy atom. The van der Waals surface area contributed by atoms with Gasteiger partial charge >= 0.3 is 0 Å². The van der Waals surface area contributed by atoms with Crippen LogP contribution in [-0.2, 0) is 13.0 Å². The molecule has 2 amide bonds. The SMILES string of the molecule is COc1cc2c(cc1OC)CN(C(=O)c1cccc(C(=O)NC(C)(C)C)n1)CC2. The quantitative estimate of drug-likeness (QED) is 0.858. The molecule has 154 valence electrons. The fourth-order valence-electron chi connectivity index (χ4n) is 3.30. The number of hydrogen-bond acceptors (Lipinski definition) is 5. The van der Waals surface area contributed by atoms with Crippen LogP contribution in [0.5, 0.6) is 11.5 Å². The highest BCUT2D eigenvalue weighted by Crippen LogP contribution is 2.33. The number of nitrogens with zero attached hydrogens (tertiary/aromatic N) is 2. The minimum atomic E-state index is -0.379. The van der Waals surface area contributed by atoms with Gasteiger partial charge in [-0.05, 0) is 62.6 Å². The van der Waals surface area contributed by atoms with Crippen LogP contribution in [0.25, 0.3) is 0 Å². The maximum absolute atomic E-state index is 13.0. The summed E-state index contributed by atoms with van der Waals surface area (Å²) in [4.78, 5) is 31.4. The minimum absolute atomic E-state index is 0.198. The molecule has 1 aliphatic rings. The Balaban J connectivity index is 1.80. The molecule has 29 heavy (non-hydrogen) atoms. The third-order valence-electron chi connectivity index (χ3n) is 4.69. The van der Waals surface area contributed by atoms with Crippen LogP contribution in [0.1, 0.15) is 52.9 Å². The summed E-state index contributed by atoms with van der Waals surface area (Å²) >= 11 is 0. The standard InChI is InChI=1S/C22H27N3O4/c1-22(2,3)24-20(26)16-7-6-8-17(23-16)21(27)25-10-9-14-11-18(28-4)19(29-5)12-15(14)13-25/h6-8,11-12H,9-10,13H2,1-5H3,(H,24,26). The van der Waals surface area contributed by atoms with E-state index in [9.17, 15) is 9.59 Å². The van der Waals surface area contributed by atoms with Crippen LogP contribution in [-0.4, -0.2) is 48.0 Å². The lowest BCUT2D eigenvalue weighted by Gasteiger charge is -2.29. The smallest absolute Gasteiger partial charge is 0.272 e. The Kier molecular flexibility index (Phi) is 5.77. The van der Waals surface area contributed by atoms with Gasteiger partial charge in [-0.3, -0.25) is 9.59 Å². The molecule has 0 unspecified atom stereocenters. The number of pyridine rings is 1. The average Bonchev–Trinajstić information content (AvgIpc) is 2.70. The summed E-state index contributed by atoms with van der Waals surface area (Å²) in [6.45, 7) is 6.72. The first kappa shape index (κ1) is 20.6. The van der Waals surface area contributed by atoms with E-state index in [0.717, 1.165) is 11.1 Å². The van der Waals surface area contributed by atoms with Gasteiger partial charge in [-0.15, -0.1) is 0 Å². The van der Waals surface area contributed by atoms with Gasteiger partial charge in [0.15, 0.2) is 11.5 Å². The summed E-state index contributed by atoms with van der Waals surface area (Å²) < 4.78 is 10.7. The van der Waals surface area contributed by atoms with E-state index in [1.54, 1.807) is 37.3 Å². The molecule has 7 nitrogen and oxygen atoms in total. The van der Waals surface area contributed by atoms with Gasteiger partial charge in [-0.25, -0.2) is 4.98 Å². The number of aromatic nitrogens is 1. The maximum atomic E-state index is 13.0. The predicted octanol–water partition coefficient (Wildman–Crippen LogP) is 2.83. The summed E-state index contributed by atoms with van der Waals surface area (Å²) in [5.74, 6) is 0.827. The molecule has 1 N–H and O–H groups in total. The molecule has 3 rings (SSSR count). The number of rotatable bonds is 4. The van der Waals surface area contributed by atoms with Gasteiger partial charge in [-0.1, -0.05) is 6.07 Å². The number of benzene rings is 1. The lowest BCUT2D eigenvalue weighted by molar-refractivity contribution is 0.0728. The first-order chi connectivity index (χ1) is 13.7. The highest BCUT2D eigenvalue weighted by Gasteiger charge is 2.25. The van der Waals surface area contributed by atoms with Crippen molar-refractivity contribution >= 4 is 11.8 Å².